The van der Waals surface area contributed by atoms with Crippen LogP contribution in [0.4, 0.5) is 4.79 Å². The van der Waals surface area contributed by atoms with Gasteiger partial charge < -0.3 is 15.0 Å². The Morgan fingerprint density at radius 2 is 2.30 bits per heavy atom. The Hall–Kier alpha value is -2.30. The van der Waals surface area contributed by atoms with Gasteiger partial charge in [0.15, 0.2) is 0 Å². The molecule has 2 heterocycles. The summed E-state index contributed by atoms with van der Waals surface area (Å²) in [5, 5.41) is 3.73. The number of hydrogen-bond acceptors (Lipinski definition) is 3. The topological polar surface area (TPSA) is 67.0 Å². The number of carbonyl (C=O) groups excluding carboxylic acids is 1. The molecule has 0 aliphatic rings. The Bertz CT molecular complexity index is 623. The van der Waals surface area contributed by atoms with Gasteiger partial charge in [-0.2, -0.15) is 0 Å². The molecular formula is C15H19N3O2. The van der Waals surface area contributed by atoms with Crippen LogP contribution in [-0.2, 0) is 4.74 Å². The molecule has 106 valence electrons. The van der Waals surface area contributed by atoms with Crippen molar-refractivity contribution in [1.29, 1.82) is 0 Å². The van der Waals surface area contributed by atoms with Gasteiger partial charge in [-0.05, 0) is 32.9 Å². The average molecular weight is 273 g/mol. The third-order valence-electron chi connectivity index (χ3n) is 2.54. The lowest BCUT2D eigenvalue weighted by Crippen LogP contribution is -2.32. The molecule has 0 fully saturated rings. The second-order valence-electron chi connectivity index (χ2n) is 5.43. The van der Waals surface area contributed by atoms with Crippen molar-refractivity contribution in [3.05, 3.63) is 36.2 Å². The van der Waals surface area contributed by atoms with Gasteiger partial charge in [-0.25, -0.2) is 9.78 Å². The number of H-pyrrole nitrogens is 1. The van der Waals surface area contributed by atoms with Crippen LogP contribution in [0.5, 0.6) is 0 Å². The van der Waals surface area contributed by atoms with E-state index in [1.165, 1.54) is 0 Å². The molecule has 2 aromatic rings. The van der Waals surface area contributed by atoms with E-state index in [2.05, 4.69) is 15.3 Å². The number of aromatic nitrogens is 2. The third-order valence-corrected chi connectivity index (χ3v) is 2.54. The van der Waals surface area contributed by atoms with Gasteiger partial charge >= 0.3 is 6.09 Å². The van der Waals surface area contributed by atoms with Crippen LogP contribution >= 0.6 is 0 Å². The largest absolute Gasteiger partial charge is 0.444 e. The number of rotatable bonds is 3. The SMILES string of the molecule is CC(C)(C)OC(=O)NCC=Cc1c[nH]c2ncccc12. The van der Waals surface area contributed by atoms with Crippen molar-refractivity contribution >= 4 is 23.2 Å². The zero-order valence-electron chi connectivity index (χ0n) is 11.9. The molecule has 0 radical (unpaired) electrons. The number of fused-ring (bicyclic) bond motifs is 1. The molecule has 0 atom stereocenters. The van der Waals surface area contributed by atoms with E-state index in [4.69, 9.17) is 4.74 Å². The smallest absolute Gasteiger partial charge is 0.407 e. The lowest BCUT2D eigenvalue weighted by Gasteiger charge is -2.19. The molecule has 0 bridgehead atoms. The normalized spacial score (nSPS) is 11.9. The van der Waals surface area contributed by atoms with Crippen LogP contribution in [-0.4, -0.2) is 28.2 Å². The monoisotopic (exact) mass is 273 g/mol. The van der Waals surface area contributed by atoms with E-state index in [0.717, 1.165) is 16.6 Å². The molecule has 0 aliphatic carbocycles. The van der Waals surface area contributed by atoms with Gasteiger partial charge in [-0.15, -0.1) is 0 Å². The highest BCUT2D eigenvalue weighted by molar-refractivity contribution is 5.86. The van der Waals surface area contributed by atoms with Crippen molar-refractivity contribution in [1.82, 2.24) is 15.3 Å². The van der Waals surface area contributed by atoms with E-state index in [9.17, 15) is 4.79 Å². The van der Waals surface area contributed by atoms with Gasteiger partial charge in [0.1, 0.15) is 11.2 Å². The van der Waals surface area contributed by atoms with Crippen molar-refractivity contribution in [3.63, 3.8) is 0 Å². The van der Waals surface area contributed by atoms with Crippen LogP contribution in [0.1, 0.15) is 26.3 Å². The third kappa shape index (κ3) is 3.85. The summed E-state index contributed by atoms with van der Waals surface area (Å²) in [6.07, 6.45) is 7.04. The van der Waals surface area contributed by atoms with Crippen LogP contribution in [0.2, 0.25) is 0 Å². The Morgan fingerprint density at radius 3 is 3.05 bits per heavy atom. The van der Waals surface area contributed by atoms with Crippen molar-refractivity contribution in [3.8, 4) is 0 Å². The zero-order chi connectivity index (χ0) is 14.6. The lowest BCUT2D eigenvalue weighted by atomic mass is 10.2. The van der Waals surface area contributed by atoms with Gasteiger partial charge in [0.25, 0.3) is 0 Å². The summed E-state index contributed by atoms with van der Waals surface area (Å²) in [4.78, 5) is 18.8. The number of nitrogens with zero attached hydrogens (tertiary/aromatic N) is 1. The minimum atomic E-state index is -0.476. The van der Waals surface area contributed by atoms with Gasteiger partial charge in [0, 0.05) is 29.9 Å². The van der Waals surface area contributed by atoms with Gasteiger partial charge in [0.2, 0.25) is 0 Å². The maximum absolute atomic E-state index is 11.4. The molecule has 5 heteroatoms. The number of carbonyl (C=O) groups is 1. The molecule has 0 spiro atoms. The highest BCUT2D eigenvalue weighted by Crippen LogP contribution is 2.16. The summed E-state index contributed by atoms with van der Waals surface area (Å²) >= 11 is 0. The van der Waals surface area contributed by atoms with E-state index in [1.807, 2.05) is 51.3 Å². The Morgan fingerprint density at radius 1 is 1.50 bits per heavy atom. The van der Waals surface area contributed by atoms with Crippen molar-refractivity contribution < 1.29 is 9.53 Å². The number of amides is 1. The molecule has 0 unspecified atom stereocenters. The van der Waals surface area contributed by atoms with Crippen molar-refractivity contribution in [2.75, 3.05) is 6.54 Å². The fourth-order valence-electron chi connectivity index (χ4n) is 1.76. The van der Waals surface area contributed by atoms with Gasteiger partial charge in [0.05, 0.1) is 0 Å². The maximum atomic E-state index is 11.4. The first-order valence-electron chi connectivity index (χ1n) is 6.51. The standard InChI is InChI=1S/C15H19N3O2/c1-15(2,3)20-14(19)17-9-4-6-11-10-18-13-12(11)7-5-8-16-13/h4-8,10H,9H2,1-3H3,(H,16,18)(H,17,19). The quantitative estimate of drug-likeness (QED) is 0.903. The molecule has 2 rings (SSSR count). The molecule has 2 aromatic heterocycles. The first-order chi connectivity index (χ1) is 9.46. The number of hydrogen-bond donors (Lipinski definition) is 2. The molecular weight excluding hydrogens is 254 g/mol. The molecule has 0 aliphatic heterocycles. The summed E-state index contributed by atoms with van der Waals surface area (Å²) in [5.41, 5.74) is 1.42. The molecule has 0 saturated heterocycles. The summed E-state index contributed by atoms with van der Waals surface area (Å²) in [6, 6.07) is 3.90. The van der Waals surface area contributed by atoms with Crippen molar-refractivity contribution in [2.24, 2.45) is 0 Å². The minimum Gasteiger partial charge on any atom is -0.444 e. The predicted octanol–water partition coefficient (Wildman–Crippen LogP) is 3.10. The van der Waals surface area contributed by atoms with Gasteiger partial charge in [-0.3, -0.25) is 0 Å². The number of aromatic amines is 1. The van der Waals surface area contributed by atoms with Crippen LogP contribution in [0.3, 0.4) is 0 Å². The number of alkyl carbamates (subject to hydrolysis) is 1. The first-order valence-corrected chi connectivity index (χ1v) is 6.51. The highest BCUT2D eigenvalue weighted by Gasteiger charge is 2.14. The van der Waals surface area contributed by atoms with Crippen LogP contribution < -0.4 is 5.32 Å². The molecule has 5 nitrogen and oxygen atoms in total. The molecule has 0 aromatic carbocycles. The van der Waals surface area contributed by atoms with Gasteiger partial charge in [-0.1, -0.05) is 12.2 Å². The van der Waals surface area contributed by atoms with E-state index < -0.39 is 11.7 Å². The fourth-order valence-corrected chi connectivity index (χ4v) is 1.76. The zero-order valence-corrected chi connectivity index (χ0v) is 11.9. The average Bonchev–Trinajstić information content (AvgIpc) is 2.76. The summed E-state index contributed by atoms with van der Waals surface area (Å²) < 4.78 is 5.15. The Balaban J connectivity index is 1.89. The highest BCUT2D eigenvalue weighted by atomic mass is 16.6. The Labute approximate surface area is 118 Å². The number of pyridine rings is 1. The van der Waals surface area contributed by atoms with E-state index >= 15 is 0 Å². The van der Waals surface area contributed by atoms with Crippen LogP contribution in [0, 0.1) is 0 Å². The van der Waals surface area contributed by atoms with Crippen molar-refractivity contribution in [2.45, 2.75) is 26.4 Å². The summed E-state index contributed by atoms with van der Waals surface area (Å²) in [6.45, 7) is 5.92. The minimum absolute atomic E-state index is 0.414. The first kappa shape index (κ1) is 14.1. The molecule has 20 heavy (non-hydrogen) atoms. The fraction of sp³-hybridized carbons (Fsp3) is 0.333. The number of nitrogens with one attached hydrogen (secondary N) is 2. The van der Waals surface area contributed by atoms with Crippen LogP contribution in [0.15, 0.2) is 30.6 Å². The van der Waals surface area contributed by atoms with E-state index in [0.29, 0.717) is 6.54 Å². The second-order valence-corrected chi connectivity index (χ2v) is 5.43. The lowest BCUT2D eigenvalue weighted by molar-refractivity contribution is 0.0534. The summed E-state index contributed by atoms with van der Waals surface area (Å²) in [7, 11) is 0. The van der Waals surface area contributed by atoms with E-state index in [-0.39, 0.29) is 0 Å². The van der Waals surface area contributed by atoms with E-state index in [1.54, 1.807) is 6.20 Å². The molecule has 2 N–H and O–H groups in total. The molecule has 0 saturated carbocycles. The predicted molar refractivity (Wildman–Crippen MR) is 79.4 cm³/mol. The Kier molecular flexibility index (Phi) is 4.08. The summed E-state index contributed by atoms with van der Waals surface area (Å²) in [5.74, 6) is 0. The number of ether oxygens (including phenoxy) is 1. The second kappa shape index (κ2) is 5.77. The maximum Gasteiger partial charge on any atom is 0.407 e. The molecule has 1 amide bonds. The van der Waals surface area contributed by atoms with Crippen LogP contribution in [0.25, 0.3) is 17.1 Å².